The van der Waals surface area contributed by atoms with Crippen LogP contribution in [0.1, 0.15) is 36.3 Å². The van der Waals surface area contributed by atoms with Crippen LogP contribution in [0.5, 0.6) is 0 Å². The molecular weight excluding hydrogens is 244 g/mol. The second-order valence-electron chi connectivity index (χ2n) is 4.78. The first-order chi connectivity index (χ1) is 8.78. The second kappa shape index (κ2) is 4.82. The first-order valence-electron chi connectivity index (χ1n) is 6.47. The summed E-state index contributed by atoms with van der Waals surface area (Å²) in [5.41, 5.74) is 2.45. The molecule has 1 aliphatic rings. The predicted octanol–water partition coefficient (Wildman–Crippen LogP) is 2.53. The maximum atomic E-state index is 4.83. The van der Waals surface area contributed by atoms with Gasteiger partial charge in [0.2, 0.25) is 0 Å². The summed E-state index contributed by atoms with van der Waals surface area (Å²) in [5.74, 6) is 0.709. The molecule has 1 saturated carbocycles. The van der Waals surface area contributed by atoms with Crippen LogP contribution in [0.15, 0.2) is 12.4 Å². The highest BCUT2D eigenvalue weighted by atomic mass is 32.1. The van der Waals surface area contributed by atoms with Gasteiger partial charge in [-0.25, -0.2) is 4.98 Å². The maximum Gasteiger partial charge on any atom is 0.127 e. The smallest absolute Gasteiger partial charge is 0.127 e. The number of rotatable bonds is 5. The van der Waals surface area contributed by atoms with Gasteiger partial charge in [0.25, 0.3) is 0 Å². The maximum absolute atomic E-state index is 4.83. The monoisotopic (exact) mass is 262 g/mol. The molecule has 2 heterocycles. The van der Waals surface area contributed by atoms with E-state index in [1.165, 1.54) is 23.4 Å². The van der Waals surface area contributed by atoms with Crippen LogP contribution >= 0.6 is 11.3 Å². The van der Waals surface area contributed by atoms with E-state index in [-0.39, 0.29) is 0 Å². The van der Waals surface area contributed by atoms with Crippen molar-refractivity contribution in [2.45, 2.75) is 32.2 Å². The molecule has 0 radical (unpaired) electrons. The summed E-state index contributed by atoms with van der Waals surface area (Å²) in [5, 5.41) is 8.74. The number of nitrogens with zero attached hydrogens (tertiary/aromatic N) is 3. The van der Waals surface area contributed by atoms with Crippen molar-refractivity contribution in [1.82, 2.24) is 20.1 Å². The molecule has 0 saturated heterocycles. The Morgan fingerprint density at radius 1 is 1.50 bits per heavy atom. The lowest BCUT2D eigenvalue weighted by molar-refractivity contribution is 0.727. The van der Waals surface area contributed by atoms with Crippen molar-refractivity contribution in [3.05, 3.63) is 23.0 Å². The number of aromatic nitrogens is 3. The third-order valence-corrected chi connectivity index (χ3v) is 4.30. The summed E-state index contributed by atoms with van der Waals surface area (Å²) in [6, 6.07) is 0. The molecule has 18 heavy (non-hydrogen) atoms. The Hall–Kier alpha value is -1.20. The van der Waals surface area contributed by atoms with Gasteiger partial charge in [0.1, 0.15) is 5.01 Å². The molecule has 1 aliphatic carbocycles. The van der Waals surface area contributed by atoms with Crippen LogP contribution in [-0.2, 0) is 13.6 Å². The van der Waals surface area contributed by atoms with Gasteiger partial charge in [0.15, 0.2) is 0 Å². The van der Waals surface area contributed by atoms with E-state index in [2.05, 4.69) is 17.3 Å². The fraction of sp³-hybridized carbons (Fsp3) is 0.538. The lowest BCUT2D eigenvalue weighted by atomic mass is 10.2. The average molecular weight is 262 g/mol. The minimum atomic E-state index is 0.709. The zero-order valence-corrected chi connectivity index (χ0v) is 11.6. The van der Waals surface area contributed by atoms with E-state index in [1.54, 1.807) is 0 Å². The zero-order valence-electron chi connectivity index (χ0n) is 10.8. The van der Waals surface area contributed by atoms with Crippen LogP contribution in [0.4, 0.5) is 0 Å². The summed E-state index contributed by atoms with van der Waals surface area (Å²) in [7, 11) is 1.94. The number of aryl methyl sites for hydroxylation is 1. The van der Waals surface area contributed by atoms with Crippen molar-refractivity contribution in [1.29, 1.82) is 0 Å². The number of hydrogen-bond acceptors (Lipinski definition) is 4. The Morgan fingerprint density at radius 2 is 2.33 bits per heavy atom. The molecule has 3 rings (SSSR count). The third kappa shape index (κ3) is 2.33. The normalized spacial score (nSPS) is 15.2. The lowest BCUT2D eigenvalue weighted by Gasteiger charge is -2.00. The summed E-state index contributed by atoms with van der Waals surface area (Å²) >= 11 is 1.81. The van der Waals surface area contributed by atoms with Gasteiger partial charge in [-0.3, -0.25) is 4.68 Å². The van der Waals surface area contributed by atoms with Crippen molar-refractivity contribution in [2.75, 3.05) is 6.54 Å². The van der Waals surface area contributed by atoms with Crippen LogP contribution in [0.3, 0.4) is 0 Å². The predicted molar refractivity (Wildman–Crippen MR) is 73.7 cm³/mol. The average Bonchev–Trinajstić information content (AvgIpc) is 2.98. The Balaban J connectivity index is 1.91. The summed E-state index contributed by atoms with van der Waals surface area (Å²) in [6.07, 6.45) is 6.53. The molecule has 0 amide bonds. The Labute approximate surface area is 111 Å². The van der Waals surface area contributed by atoms with Gasteiger partial charge in [0.05, 0.1) is 11.9 Å². The summed E-state index contributed by atoms with van der Waals surface area (Å²) in [4.78, 5) is 6.23. The van der Waals surface area contributed by atoms with Gasteiger partial charge in [-0.05, 0) is 19.4 Å². The van der Waals surface area contributed by atoms with E-state index in [0.717, 1.165) is 23.7 Å². The first-order valence-corrected chi connectivity index (χ1v) is 7.29. The van der Waals surface area contributed by atoms with Gasteiger partial charge in [-0.15, -0.1) is 11.3 Å². The van der Waals surface area contributed by atoms with Crippen molar-refractivity contribution >= 4 is 11.3 Å². The van der Waals surface area contributed by atoms with Crippen LogP contribution in [-0.4, -0.2) is 21.3 Å². The van der Waals surface area contributed by atoms with Gasteiger partial charge in [-0.2, -0.15) is 5.10 Å². The van der Waals surface area contributed by atoms with Crippen molar-refractivity contribution in [3.8, 4) is 10.6 Å². The highest BCUT2D eigenvalue weighted by Crippen LogP contribution is 2.44. The Morgan fingerprint density at radius 3 is 2.94 bits per heavy atom. The highest BCUT2D eigenvalue weighted by Gasteiger charge is 2.29. The van der Waals surface area contributed by atoms with Crippen LogP contribution in [0.2, 0.25) is 0 Å². The van der Waals surface area contributed by atoms with E-state index in [4.69, 9.17) is 4.98 Å². The molecule has 0 aliphatic heterocycles. The molecule has 1 N–H and O–H groups in total. The minimum Gasteiger partial charge on any atom is -0.312 e. The molecule has 96 valence electrons. The largest absolute Gasteiger partial charge is 0.312 e. The molecule has 0 unspecified atom stereocenters. The number of hydrogen-bond donors (Lipinski definition) is 1. The van der Waals surface area contributed by atoms with E-state index < -0.39 is 0 Å². The Kier molecular flexibility index (Phi) is 3.18. The highest BCUT2D eigenvalue weighted by molar-refractivity contribution is 7.15. The third-order valence-electron chi connectivity index (χ3n) is 3.18. The van der Waals surface area contributed by atoms with E-state index >= 15 is 0 Å². The summed E-state index contributed by atoms with van der Waals surface area (Å²) < 4.78 is 1.83. The molecular formula is C13H18N4S. The van der Waals surface area contributed by atoms with Crippen molar-refractivity contribution in [2.24, 2.45) is 7.05 Å². The van der Waals surface area contributed by atoms with Gasteiger partial charge < -0.3 is 5.32 Å². The fourth-order valence-corrected chi connectivity index (χ4v) is 3.15. The van der Waals surface area contributed by atoms with Crippen molar-refractivity contribution in [3.63, 3.8) is 0 Å². The molecule has 0 aromatic carbocycles. The van der Waals surface area contributed by atoms with Gasteiger partial charge in [-0.1, -0.05) is 6.92 Å². The summed E-state index contributed by atoms with van der Waals surface area (Å²) in [6.45, 7) is 4.09. The molecule has 2 aromatic heterocycles. The van der Waals surface area contributed by atoms with Gasteiger partial charge >= 0.3 is 0 Å². The molecule has 2 aromatic rings. The van der Waals surface area contributed by atoms with Crippen molar-refractivity contribution < 1.29 is 0 Å². The number of nitrogens with one attached hydrogen (secondary N) is 1. The second-order valence-corrected chi connectivity index (χ2v) is 5.87. The first kappa shape index (κ1) is 11.9. The zero-order chi connectivity index (χ0) is 12.5. The SMILES string of the molecule is CCNCc1sc(-c2cnn(C)c2)nc1C1CC1. The van der Waals surface area contributed by atoms with Crippen LogP contribution < -0.4 is 5.32 Å². The molecule has 0 spiro atoms. The molecule has 0 bridgehead atoms. The van der Waals surface area contributed by atoms with Gasteiger partial charge in [0, 0.05) is 36.1 Å². The molecule has 1 fully saturated rings. The minimum absolute atomic E-state index is 0.709. The van der Waals surface area contributed by atoms with Crippen LogP contribution in [0, 0.1) is 0 Å². The fourth-order valence-electron chi connectivity index (χ4n) is 2.06. The van der Waals surface area contributed by atoms with E-state index in [1.807, 2.05) is 35.5 Å². The molecule has 4 nitrogen and oxygen atoms in total. The van der Waals surface area contributed by atoms with E-state index in [0.29, 0.717) is 5.92 Å². The standard InChI is InChI=1S/C13H18N4S/c1-3-14-7-11-12(9-4-5-9)16-13(18-11)10-6-15-17(2)8-10/h6,8-9,14H,3-5,7H2,1-2H3. The van der Waals surface area contributed by atoms with Crippen LogP contribution in [0.25, 0.3) is 10.6 Å². The Bertz CT molecular complexity index is 539. The lowest BCUT2D eigenvalue weighted by Crippen LogP contribution is -2.11. The topological polar surface area (TPSA) is 42.7 Å². The molecule has 5 heteroatoms. The quantitative estimate of drug-likeness (QED) is 0.900. The molecule has 0 atom stereocenters. The number of thiazole rings is 1. The van der Waals surface area contributed by atoms with E-state index in [9.17, 15) is 0 Å².